The van der Waals surface area contributed by atoms with Crippen LogP contribution in [0.15, 0.2) is 66.7 Å². The van der Waals surface area contributed by atoms with Crippen LogP contribution in [0, 0.1) is 0 Å². The van der Waals surface area contributed by atoms with E-state index in [4.69, 9.17) is 14.5 Å². The maximum absolute atomic E-state index is 12.7. The summed E-state index contributed by atoms with van der Waals surface area (Å²) in [4.78, 5) is 31.0. The van der Waals surface area contributed by atoms with Crippen molar-refractivity contribution in [1.82, 2.24) is 4.98 Å². The number of nitrogens with zero attached hydrogens (tertiary/aromatic N) is 2. The number of piperidine rings is 1. The first-order chi connectivity index (χ1) is 18.8. The van der Waals surface area contributed by atoms with Crippen molar-refractivity contribution < 1.29 is 24.2 Å². The third-order valence-corrected chi connectivity index (χ3v) is 7.00. The van der Waals surface area contributed by atoms with Crippen LogP contribution in [0.3, 0.4) is 0 Å². The zero-order valence-electron chi connectivity index (χ0n) is 22.9. The summed E-state index contributed by atoms with van der Waals surface area (Å²) in [5, 5.41) is 12.3. The molecule has 2 aromatic carbocycles. The number of nitrogens with one attached hydrogen (secondary N) is 1. The Morgan fingerprint density at radius 3 is 2.51 bits per heavy atom. The number of aromatic nitrogens is 1. The summed E-state index contributed by atoms with van der Waals surface area (Å²) in [6, 6.07) is 20.8. The van der Waals surface area contributed by atoms with Crippen molar-refractivity contribution in [2.24, 2.45) is 0 Å². The van der Waals surface area contributed by atoms with Crippen LogP contribution in [0.1, 0.15) is 51.2 Å². The average Bonchev–Trinajstić information content (AvgIpc) is 2.93. The van der Waals surface area contributed by atoms with Gasteiger partial charge in [-0.25, -0.2) is 4.98 Å². The summed E-state index contributed by atoms with van der Waals surface area (Å²) in [7, 11) is 0. The van der Waals surface area contributed by atoms with Gasteiger partial charge in [0.05, 0.1) is 18.6 Å². The Morgan fingerprint density at radius 2 is 1.79 bits per heavy atom. The van der Waals surface area contributed by atoms with E-state index in [1.54, 1.807) is 19.9 Å². The number of carbonyl (C=O) groups excluding carboxylic acids is 1. The molecule has 0 bridgehead atoms. The highest BCUT2D eigenvalue weighted by Gasteiger charge is 2.29. The van der Waals surface area contributed by atoms with Crippen molar-refractivity contribution in [2.45, 2.75) is 58.0 Å². The van der Waals surface area contributed by atoms with Crippen molar-refractivity contribution in [3.8, 4) is 11.5 Å². The van der Waals surface area contributed by atoms with Gasteiger partial charge in [0.2, 0.25) is 5.91 Å². The van der Waals surface area contributed by atoms with Crippen molar-refractivity contribution in [3.63, 3.8) is 0 Å². The largest absolute Gasteiger partial charge is 0.490 e. The Morgan fingerprint density at radius 1 is 1.05 bits per heavy atom. The summed E-state index contributed by atoms with van der Waals surface area (Å²) < 4.78 is 12.0. The van der Waals surface area contributed by atoms with Crippen LogP contribution in [-0.2, 0) is 21.4 Å². The van der Waals surface area contributed by atoms with Crippen LogP contribution >= 0.6 is 0 Å². The fraction of sp³-hybridized carbons (Fsp3) is 0.387. The predicted octanol–water partition coefficient (Wildman–Crippen LogP) is 5.46. The lowest BCUT2D eigenvalue weighted by Gasteiger charge is -2.34. The molecule has 4 rings (SSSR count). The molecule has 0 aliphatic carbocycles. The molecule has 1 atom stereocenters. The van der Waals surface area contributed by atoms with E-state index in [-0.39, 0.29) is 12.0 Å². The number of rotatable bonds is 11. The molecule has 1 fully saturated rings. The molecule has 2 N–H and O–H groups in total. The van der Waals surface area contributed by atoms with Gasteiger partial charge in [-0.1, -0.05) is 42.5 Å². The highest BCUT2D eigenvalue weighted by molar-refractivity contribution is 5.90. The first kappa shape index (κ1) is 28.0. The summed E-state index contributed by atoms with van der Waals surface area (Å²) in [5.41, 5.74) is 0.747. The lowest BCUT2D eigenvalue weighted by Crippen LogP contribution is -2.41. The molecule has 1 unspecified atom stereocenters. The van der Waals surface area contributed by atoms with Crippen LogP contribution in [0.4, 0.5) is 11.6 Å². The first-order valence-electron chi connectivity index (χ1n) is 13.5. The third-order valence-electron chi connectivity index (χ3n) is 7.00. The fourth-order valence-electron chi connectivity index (χ4n) is 4.59. The van der Waals surface area contributed by atoms with E-state index in [1.807, 2.05) is 67.6 Å². The van der Waals surface area contributed by atoms with Gasteiger partial charge >= 0.3 is 5.97 Å². The van der Waals surface area contributed by atoms with E-state index in [9.17, 15) is 14.7 Å². The maximum Gasteiger partial charge on any atom is 0.313 e. The van der Waals surface area contributed by atoms with Gasteiger partial charge in [0.15, 0.2) is 11.5 Å². The molecule has 0 spiro atoms. The predicted molar refractivity (Wildman–Crippen MR) is 152 cm³/mol. The van der Waals surface area contributed by atoms with Gasteiger partial charge in [-0.05, 0) is 75.4 Å². The molecule has 1 amide bonds. The van der Waals surface area contributed by atoms with Crippen LogP contribution < -0.4 is 19.7 Å². The number of anilines is 2. The molecular formula is C31H37N3O5. The number of pyridine rings is 1. The standard InChI is InChI=1S/C31H37N3O5/c1-4-38-25-10-5-6-11-26(25)39-24-9-8-20-34(21-24)28-13-7-12-27(32-28)33-29(35)19-16-22-14-17-23(18-15-22)31(2,3)30(36)37/h5-7,10-15,17-18,24H,4,8-9,16,19-21H2,1-3H3,(H,36,37)(H,32,33,35). The number of hydrogen-bond donors (Lipinski definition) is 2. The van der Waals surface area contributed by atoms with Gasteiger partial charge in [0, 0.05) is 13.0 Å². The first-order valence-corrected chi connectivity index (χ1v) is 13.5. The minimum absolute atomic E-state index is 0.00728. The van der Waals surface area contributed by atoms with Gasteiger partial charge in [-0.15, -0.1) is 0 Å². The molecule has 1 aliphatic heterocycles. The minimum Gasteiger partial charge on any atom is -0.490 e. The zero-order chi connectivity index (χ0) is 27.8. The number of carboxylic acids is 1. The number of aryl methyl sites for hydroxylation is 1. The Hall–Kier alpha value is -4.07. The van der Waals surface area contributed by atoms with Gasteiger partial charge in [-0.2, -0.15) is 0 Å². The van der Waals surface area contributed by atoms with Gasteiger partial charge in [-0.3, -0.25) is 9.59 Å². The van der Waals surface area contributed by atoms with Crippen LogP contribution in [-0.4, -0.2) is 47.8 Å². The smallest absolute Gasteiger partial charge is 0.313 e. The lowest BCUT2D eigenvalue weighted by molar-refractivity contribution is -0.142. The van der Waals surface area contributed by atoms with Crippen molar-refractivity contribution in [2.75, 3.05) is 29.9 Å². The number of para-hydroxylation sites is 2. The van der Waals surface area contributed by atoms with Gasteiger partial charge < -0.3 is 24.8 Å². The van der Waals surface area contributed by atoms with E-state index in [2.05, 4.69) is 10.2 Å². The number of benzene rings is 2. The highest BCUT2D eigenvalue weighted by Crippen LogP contribution is 2.30. The summed E-state index contributed by atoms with van der Waals surface area (Å²) in [6.45, 7) is 7.45. The van der Waals surface area contributed by atoms with Crippen molar-refractivity contribution in [3.05, 3.63) is 77.9 Å². The number of amides is 1. The van der Waals surface area contributed by atoms with E-state index < -0.39 is 11.4 Å². The van der Waals surface area contributed by atoms with E-state index in [0.29, 0.717) is 31.8 Å². The molecule has 206 valence electrons. The van der Waals surface area contributed by atoms with Crippen molar-refractivity contribution >= 4 is 23.5 Å². The number of hydrogen-bond acceptors (Lipinski definition) is 6. The summed E-state index contributed by atoms with van der Waals surface area (Å²) >= 11 is 0. The minimum atomic E-state index is -0.957. The van der Waals surface area contributed by atoms with E-state index in [1.165, 1.54) is 0 Å². The van der Waals surface area contributed by atoms with Crippen LogP contribution in [0.2, 0.25) is 0 Å². The SMILES string of the molecule is CCOc1ccccc1OC1CCCN(c2cccc(NC(=O)CCc3ccc(C(C)(C)C(=O)O)cc3)n2)C1. The third kappa shape index (κ3) is 7.28. The Bertz CT molecular complexity index is 1280. The molecule has 0 radical (unpaired) electrons. The van der Waals surface area contributed by atoms with Crippen molar-refractivity contribution in [1.29, 1.82) is 0 Å². The second-order valence-electron chi connectivity index (χ2n) is 10.3. The van der Waals surface area contributed by atoms with E-state index in [0.717, 1.165) is 47.8 Å². The van der Waals surface area contributed by atoms with Crippen LogP contribution in [0.5, 0.6) is 11.5 Å². The second kappa shape index (κ2) is 12.7. The lowest BCUT2D eigenvalue weighted by atomic mass is 9.84. The number of ether oxygens (including phenoxy) is 2. The Kier molecular flexibility index (Phi) is 9.07. The Labute approximate surface area is 230 Å². The van der Waals surface area contributed by atoms with Crippen LogP contribution in [0.25, 0.3) is 0 Å². The molecule has 2 heterocycles. The summed E-state index contributed by atoms with van der Waals surface area (Å²) in [6.07, 6.45) is 2.78. The monoisotopic (exact) mass is 531 g/mol. The molecule has 1 aliphatic rings. The molecular weight excluding hydrogens is 494 g/mol. The quantitative estimate of drug-likeness (QED) is 0.339. The second-order valence-corrected chi connectivity index (χ2v) is 10.3. The zero-order valence-corrected chi connectivity index (χ0v) is 22.9. The Balaban J connectivity index is 1.32. The molecule has 8 nitrogen and oxygen atoms in total. The van der Waals surface area contributed by atoms with E-state index >= 15 is 0 Å². The summed E-state index contributed by atoms with van der Waals surface area (Å²) in [5.74, 6) is 1.82. The van der Waals surface area contributed by atoms with Gasteiger partial charge in [0.25, 0.3) is 0 Å². The number of carbonyl (C=O) groups is 2. The molecule has 3 aromatic rings. The normalized spacial score (nSPS) is 15.5. The maximum atomic E-state index is 12.7. The average molecular weight is 532 g/mol. The fourth-order valence-corrected chi connectivity index (χ4v) is 4.59. The molecule has 8 heteroatoms. The molecule has 39 heavy (non-hydrogen) atoms. The molecule has 1 saturated heterocycles. The molecule has 0 saturated carbocycles. The highest BCUT2D eigenvalue weighted by atomic mass is 16.5. The van der Waals surface area contributed by atoms with Gasteiger partial charge in [0.1, 0.15) is 17.7 Å². The topological polar surface area (TPSA) is 101 Å². The molecule has 1 aromatic heterocycles. The number of carboxylic acid groups (broad SMARTS) is 1. The number of aliphatic carboxylic acids is 1.